The molecular formula is C21H20Cl2N4O. The number of aryl methyl sites for hydroxylation is 1. The van der Waals surface area contributed by atoms with Crippen molar-refractivity contribution in [2.75, 3.05) is 0 Å². The van der Waals surface area contributed by atoms with Crippen LogP contribution in [-0.2, 0) is 0 Å². The number of benzene rings is 2. The Balaban J connectivity index is 2.41. The van der Waals surface area contributed by atoms with Crippen LogP contribution in [0.5, 0.6) is 0 Å². The normalized spacial score (nSPS) is 13.0. The van der Waals surface area contributed by atoms with E-state index in [0.717, 1.165) is 0 Å². The van der Waals surface area contributed by atoms with E-state index in [1.54, 1.807) is 62.4 Å². The monoisotopic (exact) mass is 414 g/mol. The maximum absolute atomic E-state index is 12.8. The summed E-state index contributed by atoms with van der Waals surface area (Å²) in [5, 5.41) is 12.7. The largest absolute Gasteiger partial charge is 0.402 e. The molecule has 1 atom stereocenters. The van der Waals surface area contributed by atoms with Gasteiger partial charge in [0.1, 0.15) is 0 Å². The minimum Gasteiger partial charge on any atom is -0.402 e. The van der Waals surface area contributed by atoms with Crippen molar-refractivity contribution in [1.82, 2.24) is 5.32 Å². The van der Waals surface area contributed by atoms with Gasteiger partial charge in [-0.25, -0.2) is 0 Å². The molecule has 0 saturated carbocycles. The van der Waals surface area contributed by atoms with Crippen molar-refractivity contribution in [2.24, 2.45) is 11.5 Å². The van der Waals surface area contributed by atoms with Gasteiger partial charge >= 0.3 is 0 Å². The van der Waals surface area contributed by atoms with E-state index in [9.17, 15) is 4.79 Å². The van der Waals surface area contributed by atoms with Crippen molar-refractivity contribution in [3.63, 3.8) is 0 Å². The summed E-state index contributed by atoms with van der Waals surface area (Å²) < 4.78 is 0. The maximum atomic E-state index is 12.8. The van der Waals surface area contributed by atoms with Crippen LogP contribution in [-0.4, -0.2) is 5.91 Å². The van der Waals surface area contributed by atoms with Crippen LogP contribution in [0.3, 0.4) is 0 Å². The number of nitrogens with zero attached hydrogens (tertiary/aromatic N) is 1. The highest BCUT2D eigenvalue weighted by Crippen LogP contribution is 2.28. The van der Waals surface area contributed by atoms with Crippen LogP contribution < -0.4 is 16.8 Å². The molecule has 0 saturated heterocycles. The summed E-state index contributed by atoms with van der Waals surface area (Å²) in [6.07, 6.45) is 3.28. The summed E-state index contributed by atoms with van der Waals surface area (Å²) in [5.41, 5.74) is 15.2. The second-order valence-corrected chi connectivity index (χ2v) is 7.11. The predicted molar refractivity (Wildman–Crippen MR) is 113 cm³/mol. The molecule has 1 amide bonds. The van der Waals surface area contributed by atoms with Crippen molar-refractivity contribution in [2.45, 2.75) is 19.9 Å². The van der Waals surface area contributed by atoms with Crippen molar-refractivity contribution in [3.8, 4) is 6.07 Å². The highest BCUT2D eigenvalue weighted by atomic mass is 35.5. The Morgan fingerprint density at radius 3 is 2.43 bits per heavy atom. The van der Waals surface area contributed by atoms with E-state index in [4.69, 9.17) is 39.9 Å². The fourth-order valence-corrected chi connectivity index (χ4v) is 2.83. The molecule has 0 aliphatic heterocycles. The van der Waals surface area contributed by atoms with Gasteiger partial charge in [0, 0.05) is 17.0 Å². The number of allylic oxidation sites excluding steroid dienone is 3. The van der Waals surface area contributed by atoms with Crippen molar-refractivity contribution in [3.05, 3.63) is 92.2 Å². The molecule has 2 aromatic rings. The first kappa shape index (κ1) is 21.4. The first-order chi connectivity index (χ1) is 13.2. The lowest BCUT2D eigenvalue weighted by atomic mass is 10.0. The molecule has 0 heterocycles. The van der Waals surface area contributed by atoms with Crippen LogP contribution in [0.4, 0.5) is 0 Å². The molecular weight excluding hydrogens is 395 g/mol. The van der Waals surface area contributed by atoms with Gasteiger partial charge in [0.15, 0.2) is 0 Å². The molecule has 0 fully saturated rings. The van der Waals surface area contributed by atoms with E-state index >= 15 is 0 Å². The van der Waals surface area contributed by atoms with Gasteiger partial charge in [0.05, 0.1) is 27.7 Å². The molecule has 0 aliphatic rings. The number of rotatable bonds is 5. The average molecular weight is 415 g/mol. The summed E-state index contributed by atoms with van der Waals surface area (Å²) in [6, 6.07) is 11.3. The maximum Gasteiger partial charge on any atom is 0.252 e. The third-order valence-electron chi connectivity index (χ3n) is 4.03. The Labute approximate surface area is 174 Å². The third kappa shape index (κ3) is 5.29. The number of hydrogen-bond acceptors (Lipinski definition) is 4. The number of amides is 1. The Bertz CT molecular complexity index is 1000. The molecule has 0 radical (unpaired) electrons. The number of hydrogen-bond donors (Lipinski definition) is 3. The van der Waals surface area contributed by atoms with Crippen LogP contribution in [0.15, 0.2) is 59.9 Å². The van der Waals surface area contributed by atoms with Gasteiger partial charge in [0.25, 0.3) is 5.91 Å². The van der Waals surface area contributed by atoms with Gasteiger partial charge in [-0.3, -0.25) is 4.79 Å². The van der Waals surface area contributed by atoms with Crippen LogP contribution in [0, 0.1) is 18.3 Å². The number of halogens is 2. The Kier molecular flexibility index (Phi) is 7.11. The molecule has 144 valence electrons. The van der Waals surface area contributed by atoms with Crippen molar-refractivity contribution >= 4 is 29.1 Å². The van der Waals surface area contributed by atoms with Crippen LogP contribution >= 0.6 is 23.2 Å². The lowest BCUT2D eigenvalue weighted by molar-refractivity contribution is 0.0942. The standard InChI is InChI=1S/C21H20Cl2N4O/c1-12-9-15(4-5-16(12)11-24)21(28)27-20(19(26)8-3-13(2)25)14-6-7-17(22)18(23)10-14/h3-10,20H,25-26H2,1-2H3,(H,27,28)/b13-3-,19-8-. The molecule has 5 nitrogen and oxygen atoms in total. The highest BCUT2D eigenvalue weighted by molar-refractivity contribution is 6.42. The third-order valence-corrected chi connectivity index (χ3v) is 4.77. The van der Waals surface area contributed by atoms with Crippen molar-refractivity contribution < 1.29 is 4.79 Å². The lowest BCUT2D eigenvalue weighted by Gasteiger charge is -2.20. The van der Waals surface area contributed by atoms with Gasteiger partial charge in [0.2, 0.25) is 0 Å². The SMILES string of the molecule is C/C(N)=C/C=C(\N)C(NC(=O)c1ccc(C#N)c(C)c1)c1ccc(Cl)c(Cl)c1. The number of nitrogens with two attached hydrogens (primary N) is 2. The van der Waals surface area contributed by atoms with Gasteiger partial charge in [-0.05, 0) is 67.5 Å². The molecule has 1 unspecified atom stereocenters. The number of nitrogens with one attached hydrogen (secondary N) is 1. The molecule has 0 aliphatic carbocycles. The summed E-state index contributed by atoms with van der Waals surface area (Å²) in [5.74, 6) is -0.339. The van der Waals surface area contributed by atoms with Crippen LogP contribution in [0.25, 0.3) is 0 Å². The Morgan fingerprint density at radius 2 is 1.86 bits per heavy atom. The first-order valence-electron chi connectivity index (χ1n) is 8.39. The summed E-state index contributed by atoms with van der Waals surface area (Å²) >= 11 is 12.1. The zero-order valence-electron chi connectivity index (χ0n) is 15.5. The molecule has 7 heteroatoms. The number of carbonyl (C=O) groups excluding carboxylic acids is 1. The molecule has 0 bridgehead atoms. The summed E-state index contributed by atoms with van der Waals surface area (Å²) in [6.45, 7) is 3.50. The molecule has 28 heavy (non-hydrogen) atoms. The zero-order chi connectivity index (χ0) is 20.8. The van der Waals surface area contributed by atoms with Gasteiger partial charge in [-0.2, -0.15) is 5.26 Å². The first-order valence-corrected chi connectivity index (χ1v) is 9.14. The topological polar surface area (TPSA) is 105 Å². The zero-order valence-corrected chi connectivity index (χ0v) is 17.0. The van der Waals surface area contributed by atoms with Crippen molar-refractivity contribution in [1.29, 1.82) is 5.26 Å². The minimum atomic E-state index is -0.645. The molecule has 0 spiro atoms. The molecule has 0 aromatic heterocycles. The van der Waals surface area contributed by atoms with E-state index in [-0.39, 0.29) is 5.91 Å². The van der Waals surface area contributed by atoms with E-state index in [1.807, 2.05) is 0 Å². The summed E-state index contributed by atoms with van der Waals surface area (Å²) in [4.78, 5) is 12.8. The Hall–Kier alpha value is -2.94. The fourth-order valence-electron chi connectivity index (χ4n) is 2.52. The van der Waals surface area contributed by atoms with E-state index in [0.29, 0.717) is 43.7 Å². The van der Waals surface area contributed by atoms with E-state index < -0.39 is 6.04 Å². The van der Waals surface area contributed by atoms with Crippen LogP contribution in [0.1, 0.15) is 40.0 Å². The second kappa shape index (κ2) is 9.32. The van der Waals surface area contributed by atoms with Crippen LogP contribution in [0.2, 0.25) is 10.0 Å². The lowest BCUT2D eigenvalue weighted by Crippen LogP contribution is -2.32. The summed E-state index contributed by atoms with van der Waals surface area (Å²) in [7, 11) is 0. The number of nitriles is 1. The highest BCUT2D eigenvalue weighted by Gasteiger charge is 2.19. The van der Waals surface area contributed by atoms with Gasteiger partial charge in [-0.15, -0.1) is 0 Å². The smallest absolute Gasteiger partial charge is 0.252 e. The molecule has 5 N–H and O–H groups in total. The Morgan fingerprint density at radius 1 is 1.14 bits per heavy atom. The quantitative estimate of drug-likeness (QED) is 0.632. The van der Waals surface area contributed by atoms with Gasteiger partial charge in [-0.1, -0.05) is 29.3 Å². The molecule has 2 aromatic carbocycles. The van der Waals surface area contributed by atoms with Gasteiger partial charge < -0.3 is 16.8 Å². The minimum absolute atomic E-state index is 0.339. The predicted octanol–water partition coefficient (Wildman–Crippen LogP) is 4.35. The molecule has 2 rings (SSSR count). The number of carbonyl (C=O) groups is 1. The fraction of sp³-hybridized carbons (Fsp3) is 0.143. The van der Waals surface area contributed by atoms with E-state index in [2.05, 4.69) is 11.4 Å². The second-order valence-electron chi connectivity index (χ2n) is 6.30. The average Bonchev–Trinajstić information content (AvgIpc) is 2.66. The van der Waals surface area contributed by atoms with E-state index in [1.165, 1.54) is 0 Å².